The normalized spacial score (nSPS) is 10.3. The number of carbonyl (C=O) groups excluding carboxylic acids is 1. The van der Waals surface area contributed by atoms with E-state index in [1.54, 1.807) is 42.8 Å². The van der Waals surface area contributed by atoms with Crippen molar-refractivity contribution in [2.24, 2.45) is 0 Å². The smallest absolute Gasteiger partial charge is 0.251 e. The Morgan fingerprint density at radius 1 is 1.20 bits per heavy atom. The van der Waals surface area contributed by atoms with E-state index in [0.717, 1.165) is 10.4 Å². The van der Waals surface area contributed by atoms with Crippen molar-refractivity contribution in [2.75, 3.05) is 7.11 Å². The zero-order chi connectivity index (χ0) is 17.5. The average molecular weight is 354 g/mol. The number of methoxy groups -OCH3 is 1. The van der Waals surface area contributed by atoms with Crippen molar-refractivity contribution in [3.05, 3.63) is 76.1 Å². The molecule has 0 atom stereocenters. The van der Waals surface area contributed by atoms with Crippen molar-refractivity contribution in [3.63, 3.8) is 0 Å². The van der Waals surface area contributed by atoms with E-state index < -0.39 is 0 Å². The molecule has 2 heterocycles. The van der Waals surface area contributed by atoms with E-state index in [-0.39, 0.29) is 5.91 Å². The molecule has 0 saturated heterocycles. The Hall–Kier alpha value is -2.86. The second kappa shape index (κ2) is 8.30. The van der Waals surface area contributed by atoms with Crippen LogP contribution in [0.1, 0.15) is 20.8 Å². The summed E-state index contributed by atoms with van der Waals surface area (Å²) in [5, 5.41) is 4.90. The van der Waals surface area contributed by atoms with Gasteiger partial charge in [-0.2, -0.15) is 0 Å². The highest BCUT2D eigenvalue weighted by Crippen LogP contribution is 2.17. The lowest BCUT2D eigenvalue weighted by molar-refractivity contribution is 0.0950. The van der Waals surface area contributed by atoms with E-state index in [1.807, 2.05) is 35.7 Å². The number of thiophene rings is 1. The van der Waals surface area contributed by atoms with Gasteiger partial charge < -0.3 is 14.8 Å². The van der Waals surface area contributed by atoms with E-state index in [1.165, 1.54) is 0 Å². The van der Waals surface area contributed by atoms with Crippen LogP contribution in [0.2, 0.25) is 0 Å². The van der Waals surface area contributed by atoms with Gasteiger partial charge in [0.05, 0.1) is 7.11 Å². The second-order valence-corrected chi connectivity index (χ2v) is 6.32. The van der Waals surface area contributed by atoms with Crippen molar-refractivity contribution in [1.82, 2.24) is 10.3 Å². The molecule has 0 unspecified atom stereocenters. The molecule has 0 radical (unpaired) electrons. The second-order valence-electron chi connectivity index (χ2n) is 5.28. The van der Waals surface area contributed by atoms with Crippen LogP contribution in [0.15, 0.2) is 60.1 Å². The molecule has 0 aliphatic carbocycles. The Morgan fingerprint density at radius 2 is 2.12 bits per heavy atom. The minimum atomic E-state index is -0.155. The quantitative estimate of drug-likeness (QED) is 0.703. The van der Waals surface area contributed by atoms with E-state index in [4.69, 9.17) is 9.47 Å². The van der Waals surface area contributed by atoms with E-state index in [2.05, 4.69) is 10.3 Å². The van der Waals surface area contributed by atoms with Crippen LogP contribution in [0.25, 0.3) is 0 Å². The number of hydrogen-bond acceptors (Lipinski definition) is 5. The van der Waals surface area contributed by atoms with Gasteiger partial charge in [0.1, 0.15) is 12.4 Å². The van der Waals surface area contributed by atoms with Gasteiger partial charge in [-0.3, -0.25) is 4.79 Å². The highest BCUT2D eigenvalue weighted by Gasteiger charge is 2.07. The van der Waals surface area contributed by atoms with Gasteiger partial charge in [0, 0.05) is 29.2 Å². The Balaban J connectivity index is 1.58. The van der Waals surface area contributed by atoms with E-state index in [0.29, 0.717) is 30.3 Å². The highest BCUT2D eigenvalue weighted by molar-refractivity contribution is 7.09. The fourth-order valence-electron chi connectivity index (χ4n) is 2.23. The van der Waals surface area contributed by atoms with Crippen LogP contribution in [0.3, 0.4) is 0 Å². The van der Waals surface area contributed by atoms with Gasteiger partial charge in [-0.05, 0) is 41.3 Å². The number of benzene rings is 1. The number of nitrogens with one attached hydrogen (secondary N) is 1. The third-order valence-electron chi connectivity index (χ3n) is 3.52. The molecular weight excluding hydrogens is 336 g/mol. The van der Waals surface area contributed by atoms with Crippen molar-refractivity contribution in [2.45, 2.75) is 13.2 Å². The molecular formula is C19H18N2O3S. The molecule has 0 bridgehead atoms. The van der Waals surface area contributed by atoms with Gasteiger partial charge in [-0.15, -0.1) is 11.3 Å². The first-order chi connectivity index (χ1) is 12.2. The van der Waals surface area contributed by atoms with Gasteiger partial charge >= 0.3 is 0 Å². The fourth-order valence-corrected chi connectivity index (χ4v) is 2.85. The number of hydrogen-bond donors (Lipinski definition) is 1. The minimum absolute atomic E-state index is 0.155. The molecule has 2 aromatic heterocycles. The first-order valence-electron chi connectivity index (χ1n) is 7.77. The molecule has 1 amide bonds. The lowest BCUT2D eigenvalue weighted by Crippen LogP contribution is -2.22. The molecule has 3 rings (SSSR count). The van der Waals surface area contributed by atoms with Crippen LogP contribution >= 0.6 is 11.3 Å². The van der Waals surface area contributed by atoms with Gasteiger partial charge in [0.15, 0.2) is 0 Å². The summed E-state index contributed by atoms with van der Waals surface area (Å²) in [6, 6.07) is 14.8. The van der Waals surface area contributed by atoms with Gasteiger partial charge in [0.25, 0.3) is 5.91 Å². The average Bonchev–Trinajstić information content (AvgIpc) is 3.18. The molecule has 25 heavy (non-hydrogen) atoms. The standard InChI is InChI=1S/C19H18N2O3S/c1-23-18-10-14(7-8-20-18)12-21-19(22)15-4-2-5-16(11-15)24-13-17-6-3-9-25-17/h2-11H,12-13H2,1H3,(H,21,22). The number of ether oxygens (including phenoxy) is 2. The number of rotatable bonds is 7. The molecule has 1 N–H and O–H groups in total. The number of amides is 1. The first-order valence-corrected chi connectivity index (χ1v) is 8.65. The van der Waals surface area contributed by atoms with Crippen LogP contribution in [-0.4, -0.2) is 18.0 Å². The van der Waals surface area contributed by atoms with Crippen LogP contribution in [-0.2, 0) is 13.2 Å². The fraction of sp³-hybridized carbons (Fsp3) is 0.158. The zero-order valence-electron chi connectivity index (χ0n) is 13.8. The Labute approximate surface area is 150 Å². The van der Waals surface area contributed by atoms with Crippen molar-refractivity contribution >= 4 is 17.2 Å². The van der Waals surface area contributed by atoms with Crippen molar-refractivity contribution in [1.29, 1.82) is 0 Å². The first kappa shape index (κ1) is 17.0. The van der Waals surface area contributed by atoms with Crippen LogP contribution in [0.4, 0.5) is 0 Å². The third-order valence-corrected chi connectivity index (χ3v) is 4.37. The Bertz CT molecular complexity index is 834. The zero-order valence-corrected chi connectivity index (χ0v) is 14.6. The summed E-state index contributed by atoms with van der Waals surface area (Å²) in [5.74, 6) is 1.04. The summed E-state index contributed by atoms with van der Waals surface area (Å²) in [7, 11) is 1.56. The molecule has 0 aliphatic rings. The minimum Gasteiger partial charge on any atom is -0.488 e. The third kappa shape index (κ3) is 4.81. The van der Waals surface area contributed by atoms with Crippen molar-refractivity contribution < 1.29 is 14.3 Å². The lowest BCUT2D eigenvalue weighted by atomic mass is 10.2. The summed E-state index contributed by atoms with van der Waals surface area (Å²) in [6.45, 7) is 0.900. The largest absolute Gasteiger partial charge is 0.488 e. The molecule has 0 spiro atoms. The predicted octanol–water partition coefficient (Wildman–Crippen LogP) is 3.66. The maximum Gasteiger partial charge on any atom is 0.251 e. The molecule has 0 fully saturated rings. The SMILES string of the molecule is COc1cc(CNC(=O)c2cccc(OCc3cccs3)c2)ccn1. The summed E-state index contributed by atoms with van der Waals surface area (Å²) >= 11 is 1.64. The summed E-state index contributed by atoms with van der Waals surface area (Å²) in [6.07, 6.45) is 1.65. The molecule has 1 aromatic carbocycles. The van der Waals surface area contributed by atoms with Crippen LogP contribution < -0.4 is 14.8 Å². The highest BCUT2D eigenvalue weighted by atomic mass is 32.1. The summed E-state index contributed by atoms with van der Waals surface area (Å²) in [4.78, 5) is 17.5. The van der Waals surface area contributed by atoms with Crippen LogP contribution in [0, 0.1) is 0 Å². The maximum atomic E-state index is 12.3. The van der Waals surface area contributed by atoms with Crippen LogP contribution in [0.5, 0.6) is 11.6 Å². The van der Waals surface area contributed by atoms with E-state index >= 15 is 0 Å². The Kier molecular flexibility index (Phi) is 5.64. The number of carbonyl (C=O) groups is 1. The number of aromatic nitrogens is 1. The summed E-state index contributed by atoms with van der Waals surface area (Å²) < 4.78 is 10.8. The molecule has 128 valence electrons. The van der Waals surface area contributed by atoms with Gasteiger partial charge in [0.2, 0.25) is 5.88 Å². The molecule has 5 nitrogen and oxygen atoms in total. The van der Waals surface area contributed by atoms with E-state index in [9.17, 15) is 4.79 Å². The number of nitrogens with zero attached hydrogens (tertiary/aromatic N) is 1. The molecule has 0 saturated carbocycles. The molecule has 6 heteroatoms. The topological polar surface area (TPSA) is 60.5 Å². The maximum absolute atomic E-state index is 12.3. The molecule has 3 aromatic rings. The summed E-state index contributed by atoms with van der Waals surface area (Å²) in [5.41, 5.74) is 1.48. The van der Waals surface area contributed by atoms with Gasteiger partial charge in [-0.25, -0.2) is 4.98 Å². The Morgan fingerprint density at radius 3 is 2.92 bits per heavy atom. The van der Waals surface area contributed by atoms with Gasteiger partial charge in [-0.1, -0.05) is 12.1 Å². The lowest BCUT2D eigenvalue weighted by Gasteiger charge is -2.09. The monoisotopic (exact) mass is 354 g/mol. The molecule has 0 aliphatic heterocycles. The number of pyridine rings is 1. The van der Waals surface area contributed by atoms with Crippen molar-refractivity contribution in [3.8, 4) is 11.6 Å². The predicted molar refractivity (Wildman–Crippen MR) is 97.1 cm³/mol.